The Bertz CT molecular complexity index is 555. The lowest BCUT2D eigenvalue weighted by Crippen LogP contribution is -2.51. The normalized spacial score (nSPS) is 18.4. The molecular formula is C13H14ClFN2O4. The van der Waals surface area contributed by atoms with E-state index in [9.17, 15) is 14.0 Å². The summed E-state index contributed by atoms with van der Waals surface area (Å²) in [6.45, 7) is 0.778. The van der Waals surface area contributed by atoms with Gasteiger partial charge in [-0.25, -0.2) is 9.18 Å². The number of carbonyl (C=O) groups is 2. The summed E-state index contributed by atoms with van der Waals surface area (Å²) in [5, 5.41) is 11.5. The van der Waals surface area contributed by atoms with Crippen molar-refractivity contribution in [2.45, 2.75) is 12.5 Å². The average molecular weight is 317 g/mol. The number of ether oxygens (including phenoxy) is 1. The van der Waals surface area contributed by atoms with Crippen LogP contribution in [0.2, 0.25) is 5.02 Å². The smallest absolute Gasteiger partial charge is 0.322 e. The third kappa shape index (κ3) is 4.05. The van der Waals surface area contributed by atoms with Crippen molar-refractivity contribution in [3.63, 3.8) is 0 Å². The molecule has 1 saturated heterocycles. The molecule has 1 unspecified atom stereocenters. The van der Waals surface area contributed by atoms with Gasteiger partial charge in [0, 0.05) is 6.54 Å². The number of urea groups is 1. The predicted octanol–water partition coefficient (Wildman–Crippen LogP) is 2.19. The lowest BCUT2D eigenvalue weighted by Gasteiger charge is -2.34. The Morgan fingerprint density at radius 2 is 2.29 bits per heavy atom. The Morgan fingerprint density at radius 1 is 1.52 bits per heavy atom. The van der Waals surface area contributed by atoms with Crippen molar-refractivity contribution in [3.05, 3.63) is 29.0 Å². The molecule has 8 heteroatoms. The van der Waals surface area contributed by atoms with Crippen LogP contribution >= 0.6 is 11.6 Å². The monoisotopic (exact) mass is 316 g/mol. The number of hydrogen-bond donors (Lipinski definition) is 2. The molecule has 0 radical (unpaired) electrons. The molecule has 1 fully saturated rings. The Kier molecular flexibility index (Phi) is 4.98. The van der Waals surface area contributed by atoms with Gasteiger partial charge in [-0.2, -0.15) is 0 Å². The quantitative estimate of drug-likeness (QED) is 0.896. The predicted molar refractivity (Wildman–Crippen MR) is 74.0 cm³/mol. The fourth-order valence-electron chi connectivity index (χ4n) is 2.07. The lowest BCUT2D eigenvalue weighted by atomic mass is 10.1. The van der Waals surface area contributed by atoms with Gasteiger partial charge in [0.25, 0.3) is 0 Å². The van der Waals surface area contributed by atoms with Crippen molar-refractivity contribution < 1.29 is 23.8 Å². The highest BCUT2D eigenvalue weighted by Crippen LogP contribution is 2.23. The lowest BCUT2D eigenvalue weighted by molar-refractivity contribution is -0.139. The summed E-state index contributed by atoms with van der Waals surface area (Å²) in [6, 6.07) is 2.58. The third-order valence-corrected chi connectivity index (χ3v) is 3.38. The van der Waals surface area contributed by atoms with E-state index in [0.717, 1.165) is 6.07 Å². The van der Waals surface area contributed by atoms with E-state index in [1.54, 1.807) is 0 Å². The van der Waals surface area contributed by atoms with Crippen LogP contribution in [0.5, 0.6) is 0 Å². The van der Waals surface area contributed by atoms with Crippen molar-refractivity contribution in [1.82, 2.24) is 4.90 Å². The van der Waals surface area contributed by atoms with Gasteiger partial charge in [-0.05, 0) is 18.2 Å². The second-order valence-electron chi connectivity index (χ2n) is 4.57. The molecule has 6 nitrogen and oxygen atoms in total. The zero-order valence-electron chi connectivity index (χ0n) is 11.0. The highest BCUT2D eigenvalue weighted by atomic mass is 35.5. The Hall–Kier alpha value is -1.86. The first kappa shape index (κ1) is 15.5. The van der Waals surface area contributed by atoms with Crippen LogP contribution in [-0.2, 0) is 9.53 Å². The highest BCUT2D eigenvalue weighted by molar-refractivity contribution is 6.33. The maximum absolute atomic E-state index is 13.0. The van der Waals surface area contributed by atoms with Gasteiger partial charge in [0.2, 0.25) is 0 Å². The number of hydrogen-bond acceptors (Lipinski definition) is 3. The molecule has 2 N–H and O–H groups in total. The highest BCUT2D eigenvalue weighted by Gasteiger charge is 2.29. The molecule has 114 valence electrons. The summed E-state index contributed by atoms with van der Waals surface area (Å²) in [6.07, 6.45) is -0.204. The van der Waals surface area contributed by atoms with Crippen molar-refractivity contribution >= 4 is 29.3 Å². The van der Waals surface area contributed by atoms with Crippen LogP contribution in [0.25, 0.3) is 0 Å². The SMILES string of the molecule is O=C(O)CC1COCCN1C(=O)Nc1ccc(F)cc1Cl. The number of halogens is 2. The first-order valence-electron chi connectivity index (χ1n) is 6.29. The van der Waals surface area contributed by atoms with Crippen molar-refractivity contribution in [3.8, 4) is 0 Å². The van der Waals surface area contributed by atoms with Gasteiger partial charge in [-0.3, -0.25) is 4.79 Å². The summed E-state index contributed by atoms with van der Waals surface area (Å²) < 4.78 is 18.1. The fraction of sp³-hybridized carbons (Fsp3) is 0.385. The van der Waals surface area contributed by atoms with Gasteiger partial charge < -0.3 is 20.1 Å². The number of nitrogens with one attached hydrogen (secondary N) is 1. The molecule has 1 aromatic rings. The average Bonchev–Trinajstić information content (AvgIpc) is 2.42. The number of aliphatic carboxylic acids is 1. The summed E-state index contributed by atoms with van der Waals surface area (Å²) >= 11 is 5.84. The number of carboxylic acids is 1. The second-order valence-corrected chi connectivity index (χ2v) is 4.98. The standard InChI is InChI=1S/C13H14ClFN2O4/c14-10-5-8(15)1-2-11(10)16-13(20)17-3-4-21-7-9(17)6-12(18)19/h1-2,5,9H,3-4,6-7H2,(H,16,20)(H,18,19). The van der Waals surface area contributed by atoms with Crippen LogP contribution in [0.4, 0.5) is 14.9 Å². The molecule has 0 aliphatic carbocycles. The van der Waals surface area contributed by atoms with E-state index < -0.39 is 23.9 Å². The molecule has 2 amide bonds. The zero-order chi connectivity index (χ0) is 15.4. The molecule has 1 aliphatic rings. The number of morpholine rings is 1. The Labute approximate surface area is 125 Å². The largest absolute Gasteiger partial charge is 0.481 e. The maximum Gasteiger partial charge on any atom is 0.322 e. The zero-order valence-corrected chi connectivity index (χ0v) is 11.8. The minimum absolute atomic E-state index is 0.0754. The number of anilines is 1. The van der Waals surface area contributed by atoms with E-state index >= 15 is 0 Å². The Balaban J connectivity index is 2.08. The van der Waals surface area contributed by atoms with Crippen LogP contribution in [0.1, 0.15) is 6.42 Å². The second kappa shape index (κ2) is 6.73. The third-order valence-electron chi connectivity index (χ3n) is 3.07. The fourth-order valence-corrected chi connectivity index (χ4v) is 2.29. The van der Waals surface area contributed by atoms with Gasteiger partial charge in [-0.15, -0.1) is 0 Å². The minimum Gasteiger partial charge on any atom is -0.481 e. The van der Waals surface area contributed by atoms with Crippen molar-refractivity contribution in [2.24, 2.45) is 0 Å². The molecule has 0 bridgehead atoms. The summed E-state index contributed by atoms with van der Waals surface area (Å²) in [7, 11) is 0. The van der Waals surface area contributed by atoms with Crippen LogP contribution in [-0.4, -0.2) is 47.8 Å². The van der Waals surface area contributed by atoms with Crippen LogP contribution in [0, 0.1) is 5.82 Å². The van der Waals surface area contributed by atoms with E-state index in [0.29, 0.717) is 6.61 Å². The summed E-state index contributed by atoms with van der Waals surface area (Å²) in [5.74, 6) is -1.52. The molecule has 1 aromatic carbocycles. The molecule has 1 atom stereocenters. The topological polar surface area (TPSA) is 78.9 Å². The van der Waals surface area contributed by atoms with Gasteiger partial charge in [-0.1, -0.05) is 11.6 Å². The van der Waals surface area contributed by atoms with Gasteiger partial charge in [0.15, 0.2) is 0 Å². The van der Waals surface area contributed by atoms with E-state index in [2.05, 4.69) is 5.32 Å². The Morgan fingerprint density at radius 3 is 2.95 bits per heavy atom. The maximum atomic E-state index is 13.0. The molecule has 21 heavy (non-hydrogen) atoms. The molecule has 1 aliphatic heterocycles. The number of benzene rings is 1. The molecule has 0 spiro atoms. The first-order chi connectivity index (χ1) is 9.97. The van der Waals surface area contributed by atoms with E-state index in [-0.39, 0.29) is 30.3 Å². The van der Waals surface area contributed by atoms with E-state index in [1.807, 2.05) is 0 Å². The number of carbonyl (C=O) groups excluding carboxylic acids is 1. The number of rotatable bonds is 3. The van der Waals surface area contributed by atoms with Gasteiger partial charge >= 0.3 is 12.0 Å². The van der Waals surface area contributed by atoms with Gasteiger partial charge in [0.1, 0.15) is 5.82 Å². The molecule has 1 heterocycles. The van der Waals surface area contributed by atoms with Crippen LogP contribution in [0.3, 0.4) is 0 Å². The summed E-state index contributed by atoms with van der Waals surface area (Å²) in [5.41, 5.74) is 0.267. The van der Waals surface area contributed by atoms with Gasteiger partial charge in [0.05, 0.1) is 36.4 Å². The number of amides is 2. The minimum atomic E-state index is -1.01. The van der Waals surface area contributed by atoms with Crippen LogP contribution in [0.15, 0.2) is 18.2 Å². The van der Waals surface area contributed by atoms with E-state index in [4.69, 9.17) is 21.4 Å². The van der Waals surface area contributed by atoms with E-state index in [1.165, 1.54) is 17.0 Å². The number of nitrogens with zero attached hydrogens (tertiary/aromatic N) is 1. The molecule has 0 saturated carbocycles. The number of carboxylic acid groups (broad SMARTS) is 1. The molecular weight excluding hydrogens is 303 g/mol. The molecule has 0 aromatic heterocycles. The molecule has 2 rings (SSSR count). The van der Waals surface area contributed by atoms with Crippen molar-refractivity contribution in [1.29, 1.82) is 0 Å². The summed E-state index contributed by atoms with van der Waals surface area (Å²) in [4.78, 5) is 24.4. The van der Waals surface area contributed by atoms with Crippen molar-refractivity contribution in [2.75, 3.05) is 25.1 Å². The first-order valence-corrected chi connectivity index (χ1v) is 6.67. The van der Waals surface area contributed by atoms with Crippen LogP contribution < -0.4 is 5.32 Å².